The van der Waals surface area contributed by atoms with E-state index in [0.29, 0.717) is 15.7 Å². The summed E-state index contributed by atoms with van der Waals surface area (Å²) in [5, 5.41) is 3.65. The number of carbonyl (C=O) groups is 1. The van der Waals surface area contributed by atoms with Crippen molar-refractivity contribution in [1.29, 1.82) is 0 Å². The van der Waals surface area contributed by atoms with Gasteiger partial charge in [0.2, 0.25) is 6.54 Å². The SMILES string of the molecule is Cc1cc[n+](CC(=O)Nc2ccc(Cl)c(Cl)c2)cc1. The third kappa shape index (κ3) is 3.94. The van der Waals surface area contributed by atoms with E-state index in [0.717, 1.165) is 5.56 Å². The van der Waals surface area contributed by atoms with Crippen LogP contribution in [0.2, 0.25) is 10.0 Å². The van der Waals surface area contributed by atoms with Gasteiger partial charge in [0.05, 0.1) is 10.0 Å². The third-order valence-corrected chi connectivity index (χ3v) is 3.33. The number of hydrogen-bond acceptors (Lipinski definition) is 1. The van der Waals surface area contributed by atoms with Crippen molar-refractivity contribution >= 4 is 34.8 Å². The number of aryl methyl sites for hydroxylation is 1. The van der Waals surface area contributed by atoms with E-state index in [1.807, 2.05) is 31.5 Å². The first-order chi connectivity index (χ1) is 9.04. The molecule has 0 fully saturated rings. The van der Waals surface area contributed by atoms with Gasteiger partial charge in [-0.1, -0.05) is 23.2 Å². The van der Waals surface area contributed by atoms with Crippen LogP contribution in [0, 0.1) is 6.92 Å². The van der Waals surface area contributed by atoms with Crippen LogP contribution < -0.4 is 9.88 Å². The van der Waals surface area contributed by atoms with Crippen molar-refractivity contribution in [1.82, 2.24) is 0 Å². The lowest BCUT2D eigenvalue weighted by molar-refractivity contribution is -0.684. The second-order valence-electron chi connectivity index (χ2n) is 4.22. The Morgan fingerprint density at radius 3 is 2.47 bits per heavy atom. The molecule has 19 heavy (non-hydrogen) atoms. The number of nitrogens with zero attached hydrogens (tertiary/aromatic N) is 1. The third-order valence-electron chi connectivity index (χ3n) is 2.59. The second-order valence-corrected chi connectivity index (χ2v) is 5.04. The van der Waals surface area contributed by atoms with E-state index in [2.05, 4.69) is 5.32 Å². The first kappa shape index (κ1) is 13.8. The molecule has 0 bridgehead atoms. The number of rotatable bonds is 3. The predicted molar refractivity (Wildman–Crippen MR) is 76.5 cm³/mol. The molecule has 1 aromatic heterocycles. The van der Waals surface area contributed by atoms with E-state index in [1.165, 1.54) is 0 Å². The Hall–Kier alpha value is -1.58. The minimum absolute atomic E-state index is 0.118. The fraction of sp³-hybridized carbons (Fsp3) is 0.143. The van der Waals surface area contributed by atoms with E-state index in [4.69, 9.17) is 23.2 Å². The molecule has 0 atom stereocenters. The first-order valence-corrected chi connectivity index (χ1v) is 6.51. The van der Waals surface area contributed by atoms with Crippen LogP contribution in [0.1, 0.15) is 5.56 Å². The molecule has 1 N–H and O–H groups in total. The lowest BCUT2D eigenvalue weighted by Gasteiger charge is -2.04. The number of amides is 1. The molecule has 98 valence electrons. The quantitative estimate of drug-likeness (QED) is 0.867. The molecule has 0 aliphatic rings. The van der Waals surface area contributed by atoms with Crippen LogP contribution in [0.25, 0.3) is 0 Å². The Balaban J connectivity index is 2.01. The number of benzene rings is 1. The Bertz CT molecular complexity index is 597. The van der Waals surface area contributed by atoms with Crippen LogP contribution in [-0.4, -0.2) is 5.91 Å². The summed E-state index contributed by atoms with van der Waals surface area (Å²) in [5.74, 6) is -0.118. The van der Waals surface area contributed by atoms with Crippen LogP contribution in [0.5, 0.6) is 0 Å². The highest BCUT2D eigenvalue weighted by molar-refractivity contribution is 6.42. The summed E-state index contributed by atoms with van der Waals surface area (Å²) in [7, 11) is 0. The molecular formula is C14H13Cl2N2O+. The van der Waals surface area contributed by atoms with Crippen LogP contribution >= 0.6 is 23.2 Å². The molecular weight excluding hydrogens is 283 g/mol. The highest BCUT2D eigenvalue weighted by Gasteiger charge is 2.10. The largest absolute Gasteiger partial charge is 0.321 e. The number of pyridine rings is 1. The average Bonchev–Trinajstić information content (AvgIpc) is 2.37. The molecule has 3 nitrogen and oxygen atoms in total. The van der Waals surface area contributed by atoms with Crippen LogP contribution in [-0.2, 0) is 11.3 Å². The van der Waals surface area contributed by atoms with Crippen molar-refractivity contribution in [3.63, 3.8) is 0 Å². The van der Waals surface area contributed by atoms with Crippen molar-refractivity contribution in [3.05, 3.63) is 58.3 Å². The molecule has 1 heterocycles. The van der Waals surface area contributed by atoms with Crippen molar-refractivity contribution in [2.45, 2.75) is 13.5 Å². The summed E-state index contributed by atoms with van der Waals surface area (Å²) in [4.78, 5) is 11.9. The molecule has 1 aromatic carbocycles. The molecule has 0 aliphatic carbocycles. The van der Waals surface area contributed by atoms with Crippen molar-refractivity contribution in [2.24, 2.45) is 0 Å². The molecule has 0 radical (unpaired) electrons. The Kier molecular flexibility index (Phi) is 4.40. The van der Waals surface area contributed by atoms with E-state index in [1.54, 1.807) is 22.8 Å². The van der Waals surface area contributed by atoms with Gasteiger partial charge in [-0.2, -0.15) is 4.57 Å². The molecule has 0 aliphatic heterocycles. The standard InChI is InChI=1S/C14H12Cl2N2O/c1-10-4-6-18(7-5-10)9-14(19)17-11-2-3-12(15)13(16)8-11/h2-8H,9H2,1H3/p+1. The predicted octanol–water partition coefficient (Wildman–Crippen LogP) is 3.23. The minimum atomic E-state index is -0.118. The second kappa shape index (κ2) is 6.04. The summed E-state index contributed by atoms with van der Waals surface area (Å²) >= 11 is 11.7. The van der Waals surface area contributed by atoms with Gasteiger partial charge in [0, 0.05) is 17.8 Å². The van der Waals surface area contributed by atoms with Crippen LogP contribution in [0.3, 0.4) is 0 Å². The summed E-state index contributed by atoms with van der Waals surface area (Å²) in [6.45, 7) is 2.25. The summed E-state index contributed by atoms with van der Waals surface area (Å²) in [5.41, 5.74) is 1.79. The Morgan fingerprint density at radius 2 is 1.84 bits per heavy atom. The van der Waals surface area contributed by atoms with Crippen molar-refractivity contribution in [2.75, 3.05) is 5.32 Å². The maximum Gasteiger partial charge on any atom is 0.290 e. The molecule has 0 spiro atoms. The lowest BCUT2D eigenvalue weighted by Crippen LogP contribution is -2.39. The monoisotopic (exact) mass is 295 g/mol. The fourth-order valence-electron chi connectivity index (χ4n) is 1.58. The zero-order valence-electron chi connectivity index (χ0n) is 10.4. The first-order valence-electron chi connectivity index (χ1n) is 5.75. The van der Waals surface area contributed by atoms with E-state index in [-0.39, 0.29) is 12.5 Å². The summed E-state index contributed by atoms with van der Waals surface area (Å²) in [6, 6.07) is 8.89. The van der Waals surface area contributed by atoms with Crippen molar-refractivity contribution < 1.29 is 9.36 Å². The molecule has 2 rings (SSSR count). The number of hydrogen-bond donors (Lipinski definition) is 1. The molecule has 0 saturated heterocycles. The average molecular weight is 296 g/mol. The number of aromatic nitrogens is 1. The van der Waals surface area contributed by atoms with Gasteiger partial charge in [-0.3, -0.25) is 4.79 Å². The van der Waals surface area contributed by atoms with Gasteiger partial charge >= 0.3 is 0 Å². The zero-order chi connectivity index (χ0) is 13.8. The minimum Gasteiger partial charge on any atom is -0.321 e. The number of nitrogens with one attached hydrogen (secondary N) is 1. The lowest BCUT2D eigenvalue weighted by atomic mass is 10.3. The Morgan fingerprint density at radius 1 is 1.16 bits per heavy atom. The Labute approximate surface area is 121 Å². The molecule has 5 heteroatoms. The molecule has 0 saturated carbocycles. The van der Waals surface area contributed by atoms with Crippen LogP contribution in [0.4, 0.5) is 5.69 Å². The fourth-order valence-corrected chi connectivity index (χ4v) is 1.88. The van der Waals surface area contributed by atoms with Gasteiger partial charge in [-0.15, -0.1) is 0 Å². The van der Waals surface area contributed by atoms with Gasteiger partial charge in [-0.05, 0) is 30.7 Å². The van der Waals surface area contributed by atoms with E-state index >= 15 is 0 Å². The number of carbonyl (C=O) groups excluding carboxylic acids is 1. The van der Waals surface area contributed by atoms with Gasteiger partial charge in [0.15, 0.2) is 12.4 Å². The van der Waals surface area contributed by atoms with Gasteiger partial charge < -0.3 is 5.32 Å². The number of halogens is 2. The highest BCUT2D eigenvalue weighted by atomic mass is 35.5. The van der Waals surface area contributed by atoms with E-state index in [9.17, 15) is 4.79 Å². The molecule has 2 aromatic rings. The molecule has 0 unspecified atom stereocenters. The van der Waals surface area contributed by atoms with E-state index < -0.39 is 0 Å². The van der Waals surface area contributed by atoms with Gasteiger partial charge in [-0.25, -0.2) is 0 Å². The normalized spacial score (nSPS) is 10.3. The topological polar surface area (TPSA) is 33.0 Å². The summed E-state index contributed by atoms with van der Waals surface area (Å²) in [6.07, 6.45) is 3.73. The van der Waals surface area contributed by atoms with Gasteiger partial charge in [0.1, 0.15) is 0 Å². The van der Waals surface area contributed by atoms with Crippen molar-refractivity contribution in [3.8, 4) is 0 Å². The smallest absolute Gasteiger partial charge is 0.290 e. The molecule has 1 amide bonds. The van der Waals surface area contributed by atoms with Crippen LogP contribution in [0.15, 0.2) is 42.7 Å². The maximum atomic E-state index is 11.9. The summed E-state index contributed by atoms with van der Waals surface area (Å²) < 4.78 is 1.81. The highest BCUT2D eigenvalue weighted by Crippen LogP contribution is 2.24. The zero-order valence-corrected chi connectivity index (χ0v) is 11.9. The maximum absolute atomic E-state index is 11.9. The van der Waals surface area contributed by atoms with Gasteiger partial charge in [0.25, 0.3) is 5.91 Å². The number of anilines is 1.